The molecule has 0 radical (unpaired) electrons. The summed E-state index contributed by atoms with van der Waals surface area (Å²) in [5, 5.41) is 7.35. The largest absolute Gasteiger partial charge is 0.337 e. The van der Waals surface area contributed by atoms with Crippen molar-refractivity contribution in [1.29, 1.82) is 0 Å². The SMILES string of the molecule is CCc1nccn1C[C@@H](C)NCc1nc(-c2ccccn2)no1. The number of imidazole rings is 1. The van der Waals surface area contributed by atoms with Crippen LogP contribution in [0.25, 0.3) is 11.5 Å². The Morgan fingerprint density at radius 1 is 1.26 bits per heavy atom. The molecule has 0 aliphatic heterocycles. The van der Waals surface area contributed by atoms with Crippen LogP contribution in [0.15, 0.2) is 41.3 Å². The Balaban J connectivity index is 1.55. The average Bonchev–Trinajstić information content (AvgIpc) is 3.23. The van der Waals surface area contributed by atoms with Gasteiger partial charge in [0.15, 0.2) is 0 Å². The first-order valence-electron chi connectivity index (χ1n) is 7.73. The summed E-state index contributed by atoms with van der Waals surface area (Å²) in [7, 11) is 0. The van der Waals surface area contributed by atoms with Gasteiger partial charge in [0.25, 0.3) is 0 Å². The fraction of sp³-hybridized carbons (Fsp3) is 0.375. The number of aromatic nitrogens is 5. The Bertz CT molecular complexity index is 736. The van der Waals surface area contributed by atoms with Gasteiger partial charge in [0, 0.05) is 37.6 Å². The first kappa shape index (κ1) is 15.4. The third-order valence-electron chi connectivity index (χ3n) is 3.55. The molecule has 0 aliphatic carbocycles. The minimum atomic E-state index is 0.264. The van der Waals surface area contributed by atoms with E-state index in [0.29, 0.717) is 24.0 Å². The second-order valence-electron chi connectivity index (χ2n) is 5.36. The van der Waals surface area contributed by atoms with E-state index in [2.05, 4.69) is 43.8 Å². The van der Waals surface area contributed by atoms with Gasteiger partial charge in [-0.25, -0.2) is 4.98 Å². The molecule has 120 valence electrons. The summed E-state index contributed by atoms with van der Waals surface area (Å²) in [6, 6.07) is 5.87. The van der Waals surface area contributed by atoms with E-state index in [-0.39, 0.29) is 6.04 Å². The topological polar surface area (TPSA) is 81.7 Å². The van der Waals surface area contributed by atoms with E-state index >= 15 is 0 Å². The van der Waals surface area contributed by atoms with Crippen molar-refractivity contribution in [2.75, 3.05) is 0 Å². The van der Waals surface area contributed by atoms with Crippen LogP contribution in [0.3, 0.4) is 0 Å². The van der Waals surface area contributed by atoms with Crippen molar-refractivity contribution in [3.8, 4) is 11.5 Å². The minimum Gasteiger partial charge on any atom is -0.337 e. The van der Waals surface area contributed by atoms with Gasteiger partial charge in [-0.05, 0) is 19.1 Å². The van der Waals surface area contributed by atoms with E-state index in [0.717, 1.165) is 18.8 Å². The molecule has 0 spiro atoms. The molecule has 0 aliphatic rings. The van der Waals surface area contributed by atoms with Crippen LogP contribution in [0, 0.1) is 0 Å². The fourth-order valence-corrected chi connectivity index (χ4v) is 2.37. The number of hydrogen-bond donors (Lipinski definition) is 1. The Kier molecular flexibility index (Phi) is 4.77. The van der Waals surface area contributed by atoms with E-state index in [4.69, 9.17) is 4.52 Å². The van der Waals surface area contributed by atoms with E-state index in [9.17, 15) is 0 Å². The van der Waals surface area contributed by atoms with Crippen LogP contribution in [0.4, 0.5) is 0 Å². The Morgan fingerprint density at radius 3 is 2.96 bits per heavy atom. The van der Waals surface area contributed by atoms with Crippen LogP contribution in [-0.4, -0.2) is 30.7 Å². The molecule has 0 aromatic carbocycles. The zero-order valence-corrected chi connectivity index (χ0v) is 13.3. The van der Waals surface area contributed by atoms with Crippen LogP contribution >= 0.6 is 0 Å². The second-order valence-corrected chi connectivity index (χ2v) is 5.36. The number of nitrogens with one attached hydrogen (secondary N) is 1. The highest BCUT2D eigenvalue weighted by atomic mass is 16.5. The molecule has 3 heterocycles. The lowest BCUT2D eigenvalue weighted by Crippen LogP contribution is -2.30. The van der Waals surface area contributed by atoms with Gasteiger partial charge in [-0.2, -0.15) is 4.98 Å². The van der Waals surface area contributed by atoms with Crippen LogP contribution < -0.4 is 5.32 Å². The van der Waals surface area contributed by atoms with E-state index < -0.39 is 0 Å². The van der Waals surface area contributed by atoms with Crippen molar-refractivity contribution in [2.45, 2.75) is 39.4 Å². The first-order valence-corrected chi connectivity index (χ1v) is 7.73. The third kappa shape index (κ3) is 3.81. The molecule has 3 aromatic heterocycles. The maximum atomic E-state index is 5.27. The number of pyridine rings is 1. The van der Waals surface area contributed by atoms with Crippen molar-refractivity contribution >= 4 is 0 Å². The monoisotopic (exact) mass is 312 g/mol. The lowest BCUT2D eigenvalue weighted by Gasteiger charge is -2.14. The minimum absolute atomic E-state index is 0.264. The molecule has 0 saturated heterocycles. The highest BCUT2D eigenvalue weighted by Crippen LogP contribution is 2.11. The molecule has 23 heavy (non-hydrogen) atoms. The van der Waals surface area contributed by atoms with E-state index in [1.165, 1.54) is 0 Å². The summed E-state index contributed by atoms with van der Waals surface area (Å²) in [5.41, 5.74) is 0.710. The van der Waals surface area contributed by atoms with Gasteiger partial charge in [0.1, 0.15) is 11.5 Å². The highest BCUT2D eigenvalue weighted by molar-refractivity contribution is 5.46. The third-order valence-corrected chi connectivity index (χ3v) is 3.55. The summed E-state index contributed by atoms with van der Waals surface area (Å²) < 4.78 is 7.42. The lowest BCUT2D eigenvalue weighted by molar-refractivity contribution is 0.352. The first-order chi connectivity index (χ1) is 11.3. The maximum Gasteiger partial charge on any atom is 0.240 e. The Morgan fingerprint density at radius 2 is 2.17 bits per heavy atom. The smallest absolute Gasteiger partial charge is 0.240 e. The number of hydrogen-bond acceptors (Lipinski definition) is 6. The van der Waals surface area contributed by atoms with Crippen molar-refractivity contribution in [3.05, 3.63) is 48.5 Å². The Labute approximate surface area is 134 Å². The summed E-state index contributed by atoms with van der Waals surface area (Å²) in [6.07, 6.45) is 6.48. The fourth-order valence-electron chi connectivity index (χ4n) is 2.37. The average molecular weight is 312 g/mol. The van der Waals surface area contributed by atoms with Gasteiger partial charge >= 0.3 is 0 Å². The molecule has 3 aromatic rings. The number of aryl methyl sites for hydroxylation is 1. The molecule has 7 nitrogen and oxygen atoms in total. The predicted octanol–water partition coefficient (Wildman–Crippen LogP) is 2.07. The quantitative estimate of drug-likeness (QED) is 0.719. The molecule has 0 fully saturated rings. The normalized spacial score (nSPS) is 12.4. The summed E-state index contributed by atoms with van der Waals surface area (Å²) in [6.45, 7) is 5.60. The van der Waals surface area contributed by atoms with Crippen molar-refractivity contribution in [3.63, 3.8) is 0 Å². The predicted molar refractivity (Wildman–Crippen MR) is 85.4 cm³/mol. The molecule has 0 saturated carbocycles. The van der Waals surface area contributed by atoms with Crippen LogP contribution in [0.5, 0.6) is 0 Å². The maximum absolute atomic E-state index is 5.27. The number of nitrogens with zero attached hydrogens (tertiary/aromatic N) is 5. The van der Waals surface area contributed by atoms with Gasteiger partial charge in [-0.1, -0.05) is 18.1 Å². The second kappa shape index (κ2) is 7.15. The molecular weight excluding hydrogens is 292 g/mol. The molecule has 3 rings (SSSR count). The summed E-state index contributed by atoms with van der Waals surface area (Å²) in [4.78, 5) is 12.9. The van der Waals surface area contributed by atoms with Crippen LogP contribution in [0.1, 0.15) is 25.6 Å². The Hall–Kier alpha value is -2.54. The number of rotatable bonds is 7. The van der Waals surface area contributed by atoms with Gasteiger partial charge in [-0.3, -0.25) is 4.98 Å². The van der Waals surface area contributed by atoms with Gasteiger partial charge in [-0.15, -0.1) is 0 Å². The van der Waals surface area contributed by atoms with Crippen LogP contribution in [0.2, 0.25) is 0 Å². The van der Waals surface area contributed by atoms with Crippen molar-refractivity contribution < 1.29 is 4.52 Å². The molecular formula is C16H20N6O. The zero-order valence-electron chi connectivity index (χ0n) is 13.3. The van der Waals surface area contributed by atoms with Crippen molar-refractivity contribution in [2.24, 2.45) is 0 Å². The lowest BCUT2D eigenvalue weighted by atomic mass is 10.3. The highest BCUT2D eigenvalue weighted by Gasteiger charge is 2.11. The van der Waals surface area contributed by atoms with Crippen LogP contribution in [-0.2, 0) is 19.5 Å². The molecule has 0 bridgehead atoms. The standard InChI is InChI=1S/C16H20N6O/c1-3-14-18-8-9-22(14)11-12(2)19-10-15-20-16(21-23-15)13-6-4-5-7-17-13/h4-9,12,19H,3,10-11H2,1-2H3/t12-/m1/s1. The molecule has 0 amide bonds. The zero-order chi connectivity index (χ0) is 16.1. The van der Waals surface area contributed by atoms with E-state index in [1.54, 1.807) is 6.20 Å². The summed E-state index contributed by atoms with van der Waals surface area (Å²) >= 11 is 0. The molecule has 7 heteroatoms. The van der Waals surface area contributed by atoms with Gasteiger partial charge < -0.3 is 14.4 Å². The molecule has 1 N–H and O–H groups in total. The van der Waals surface area contributed by atoms with Gasteiger partial charge in [0.05, 0.1) is 6.54 Å². The van der Waals surface area contributed by atoms with Gasteiger partial charge in [0.2, 0.25) is 11.7 Å². The van der Waals surface area contributed by atoms with Crippen molar-refractivity contribution in [1.82, 2.24) is 30.0 Å². The van der Waals surface area contributed by atoms with E-state index in [1.807, 2.05) is 30.6 Å². The molecule has 1 atom stereocenters. The summed E-state index contributed by atoms with van der Waals surface area (Å²) in [5.74, 6) is 2.16. The molecule has 0 unspecified atom stereocenters.